The highest BCUT2D eigenvalue weighted by molar-refractivity contribution is 5.66. The summed E-state index contributed by atoms with van der Waals surface area (Å²) in [6.45, 7) is 2.98. The molecule has 4 nitrogen and oxygen atoms in total. The first-order valence-electron chi connectivity index (χ1n) is 7.09. The molecule has 3 rings (SSSR count). The van der Waals surface area contributed by atoms with Gasteiger partial charge in [0, 0.05) is 19.0 Å². The van der Waals surface area contributed by atoms with Crippen LogP contribution in [0, 0.1) is 6.92 Å². The van der Waals surface area contributed by atoms with Crippen LogP contribution in [0.25, 0.3) is 11.3 Å². The first-order valence-corrected chi connectivity index (χ1v) is 7.09. The number of rotatable bonds is 6. The zero-order valence-electron chi connectivity index (χ0n) is 12.0. The van der Waals surface area contributed by atoms with Gasteiger partial charge in [-0.15, -0.1) is 0 Å². The largest absolute Gasteiger partial charge is 0.496 e. The van der Waals surface area contributed by atoms with Gasteiger partial charge in [0.2, 0.25) is 0 Å². The minimum Gasteiger partial charge on any atom is -0.496 e. The minimum atomic E-state index is 0.723. The number of aryl methyl sites for hydroxylation is 1. The molecular weight excluding hydrogens is 252 g/mol. The Kier molecular flexibility index (Phi) is 3.74. The summed E-state index contributed by atoms with van der Waals surface area (Å²) in [5.41, 5.74) is 2.13. The van der Waals surface area contributed by atoms with E-state index >= 15 is 0 Å². The molecule has 0 unspecified atom stereocenters. The van der Waals surface area contributed by atoms with Crippen molar-refractivity contribution in [3.63, 3.8) is 0 Å². The van der Waals surface area contributed by atoms with E-state index < -0.39 is 0 Å². The molecule has 2 aromatic rings. The quantitative estimate of drug-likeness (QED) is 0.878. The first kappa shape index (κ1) is 13.2. The highest BCUT2D eigenvalue weighted by atomic mass is 16.5. The average molecular weight is 272 g/mol. The van der Waals surface area contributed by atoms with E-state index in [0.717, 1.165) is 42.0 Å². The van der Waals surface area contributed by atoms with E-state index in [1.165, 1.54) is 18.4 Å². The Labute approximate surface area is 119 Å². The van der Waals surface area contributed by atoms with Gasteiger partial charge in [0.25, 0.3) is 0 Å². The molecule has 20 heavy (non-hydrogen) atoms. The molecule has 1 fully saturated rings. The summed E-state index contributed by atoms with van der Waals surface area (Å²) in [7, 11) is 1.67. The second-order valence-electron chi connectivity index (χ2n) is 5.30. The van der Waals surface area contributed by atoms with Crippen LogP contribution >= 0.6 is 0 Å². The van der Waals surface area contributed by atoms with Crippen molar-refractivity contribution in [3.05, 3.63) is 35.9 Å². The molecule has 0 spiro atoms. The summed E-state index contributed by atoms with van der Waals surface area (Å²) in [5, 5.41) is 3.46. The number of ether oxygens (including phenoxy) is 1. The van der Waals surface area contributed by atoms with E-state index in [1.807, 2.05) is 12.1 Å². The third kappa shape index (κ3) is 3.02. The molecule has 1 aliphatic carbocycles. The number of oxazole rings is 1. The molecule has 1 aromatic carbocycles. The fourth-order valence-electron chi connectivity index (χ4n) is 2.24. The van der Waals surface area contributed by atoms with Crippen molar-refractivity contribution in [1.82, 2.24) is 10.3 Å². The Balaban J connectivity index is 1.73. The fraction of sp³-hybridized carbons (Fsp3) is 0.438. The number of benzene rings is 1. The van der Waals surface area contributed by atoms with Crippen molar-refractivity contribution in [1.29, 1.82) is 0 Å². The minimum absolute atomic E-state index is 0.723. The van der Waals surface area contributed by atoms with E-state index in [-0.39, 0.29) is 0 Å². The Hall–Kier alpha value is -1.81. The lowest BCUT2D eigenvalue weighted by atomic mass is 10.1. The molecular formula is C16H20N2O2. The molecule has 1 aliphatic rings. The van der Waals surface area contributed by atoms with Gasteiger partial charge in [0.1, 0.15) is 5.75 Å². The Morgan fingerprint density at radius 3 is 3.00 bits per heavy atom. The molecule has 0 saturated heterocycles. The van der Waals surface area contributed by atoms with E-state index in [0.29, 0.717) is 0 Å². The zero-order valence-corrected chi connectivity index (χ0v) is 12.0. The maximum absolute atomic E-state index is 5.84. The van der Waals surface area contributed by atoms with Gasteiger partial charge < -0.3 is 14.5 Å². The fourth-order valence-corrected chi connectivity index (χ4v) is 2.24. The zero-order chi connectivity index (χ0) is 13.9. The average Bonchev–Trinajstić information content (AvgIpc) is 3.15. The van der Waals surface area contributed by atoms with Crippen molar-refractivity contribution in [2.75, 3.05) is 13.7 Å². The van der Waals surface area contributed by atoms with Crippen LogP contribution in [0.4, 0.5) is 0 Å². The lowest BCUT2D eigenvalue weighted by Crippen LogP contribution is -2.19. The second kappa shape index (κ2) is 5.67. The summed E-state index contributed by atoms with van der Waals surface area (Å²) in [6.07, 6.45) is 5.21. The maximum Gasteiger partial charge on any atom is 0.196 e. The van der Waals surface area contributed by atoms with Gasteiger partial charge in [-0.3, -0.25) is 0 Å². The van der Waals surface area contributed by atoms with Crippen LogP contribution in [0.1, 0.15) is 24.3 Å². The van der Waals surface area contributed by atoms with E-state index in [9.17, 15) is 0 Å². The van der Waals surface area contributed by atoms with Crippen molar-refractivity contribution in [3.8, 4) is 17.1 Å². The third-order valence-corrected chi connectivity index (χ3v) is 3.52. The number of nitrogens with zero attached hydrogens (tertiary/aromatic N) is 1. The predicted molar refractivity (Wildman–Crippen MR) is 78.0 cm³/mol. The molecule has 1 heterocycles. The predicted octanol–water partition coefficient (Wildman–Crippen LogP) is 2.95. The van der Waals surface area contributed by atoms with E-state index in [1.54, 1.807) is 13.3 Å². The van der Waals surface area contributed by atoms with Crippen LogP contribution in [0.15, 0.2) is 28.8 Å². The van der Waals surface area contributed by atoms with Crippen molar-refractivity contribution >= 4 is 0 Å². The van der Waals surface area contributed by atoms with Gasteiger partial charge in [-0.25, -0.2) is 4.98 Å². The van der Waals surface area contributed by atoms with Gasteiger partial charge >= 0.3 is 0 Å². The Morgan fingerprint density at radius 2 is 2.25 bits per heavy atom. The van der Waals surface area contributed by atoms with Crippen LogP contribution < -0.4 is 10.1 Å². The molecule has 0 amide bonds. The van der Waals surface area contributed by atoms with Crippen LogP contribution in [0.3, 0.4) is 0 Å². The molecule has 0 radical (unpaired) electrons. The summed E-state index contributed by atoms with van der Waals surface area (Å²) in [4.78, 5) is 4.35. The van der Waals surface area contributed by atoms with Crippen LogP contribution in [0.2, 0.25) is 0 Å². The molecule has 0 atom stereocenters. The second-order valence-corrected chi connectivity index (χ2v) is 5.30. The van der Waals surface area contributed by atoms with Gasteiger partial charge in [-0.1, -0.05) is 11.6 Å². The lowest BCUT2D eigenvalue weighted by molar-refractivity contribution is 0.413. The SMILES string of the molecule is COc1ccc(C)cc1-c1cnc(CCNC2CC2)o1. The van der Waals surface area contributed by atoms with E-state index in [4.69, 9.17) is 9.15 Å². The number of nitrogens with one attached hydrogen (secondary N) is 1. The van der Waals surface area contributed by atoms with Crippen LogP contribution in [-0.2, 0) is 6.42 Å². The van der Waals surface area contributed by atoms with Gasteiger partial charge in [-0.2, -0.15) is 0 Å². The summed E-state index contributed by atoms with van der Waals surface area (Å²) in [6, 6.07) is 6.77. The Morgan fingerprint density at radius 1 is 1.40 bits per heavy atom. The molecule has 106 valence electrons. The summed E-state index contributed by atoms with van der Waals surface area (Å²) in [5.74, 6) is 2.36. The molecule has 0 aliphatic heterocycles. The maximum atomic E-state index is 5.84. The molecule has 1 aromatic heterocycles. The van der Waals surface area contributed by atoms with E-state index in [2.05, 4.69) is 23.3 Å². The molecule has 4 heteroatoms. The number of methoxy groups -OCH3 is 1. The van der Waals surface area contributed by atoms with Crippen molar-refractivity contribution in [2.45, 2.75) is 32.2 Å². The number of hydrogen-bond acceptors (Lipinski definition) is 4. The lowest BCUT2D eigenvalue weighted by Gasteiger charge is -2.06. The highest BCUT2D eigenvalue weighted by Gasteiger charge is 2.20. The third-order valence-electron chi connectivity index (χ3n) is 3.52. The number of hydrogen-bond donors (Lipinski definition) is 1. The monoisotopic (exact) mass is 272 g/mol. The molecule has 1 saturated carbocycles. The summed E-state index contributed by atoms with van der Waals surface area (Å²) < 4.78 is 11.2. The van der Waals surface area contributed by atoms with Crippen LogP contribution in [0.5, 0.6) is 5.75 Å². The van der Waals surface area contributed by atoms with Gasteiger partial charge in [0.15, 0.2) is 11.7 Å². The normalized spacial score (nSPS) is 14.5. The van der Waals surface area contributed by atoms with Crippen LogP contribution in [-0.4, -0.2) is 24.7 Å². The highest BCUT2D eigenvalue weighted by Crippen LogP contribution is 2.31. The van der Waals surface area contributed by atoms with Gasteiger partial charge in [-0.05, 0) is 31.9 Å². The summed E-state index contributed by atoms with van der Waals surface area (Å²) >= 11 is 0. The molecule has 1 N–H and O–H groups in total. The topological polar surface area (TPSA) is 47.3 Å². The Bertz CT molecular complexity index is 588. The number of aromatic nitrogens is 1. The van der Waals surface area contributed by atoms with Gasteiger partial charge in [0.05, 0.1) is 18.9 Å². The smallest absolute Gasteiger partial charge is 0.196 e. The molecule has 0 bridgehead atoms. The van der Waals surface area contributed by atoms with Crippen molar-refractivity contribution < 1.29 is 9.15 Å². The first-order chi connectivity index (χ1) is 9.76. The van der Waals surface area contributed by atoms with Crippen molar-refractivity contribution in [2.24, 2.45) is 0 Å². The standard InChI is InChI=1S/C16H20N2O2/c1-11-3-6-14(19-2)13(9-11)15-10-18-16(20-15)7-8-17-12-4-5-12/h3,6,9-10,12,17H,4-5,7-8H2,1-2H3.